The molecule has 144 valence electrons. The summed E-state index contributed by atoms with van der Waals surface area (Å²) in [6.45, 7) is 6.59. The Bertz CT molecular complexity index is 863. The van der Waals surface area contributed by atoms with Gasteiger partial charge in [0.25, 0.3) is 5.91 Å². The van der Waals surface area contributed by atoms with Crippen LogP contribution in [0.3, 0.4) is 0 Å². The van der Waals surface area contributed by atoms with Crippen molar-refractivity contribution in [3.8, 4) is 0 Å². The van der Waals surface area contributed by atoms with E-state index in [1.165, 1.54) is 5.56 Å². The monoisotopic (exact) mass is 386 g/mol. The van der Waals surface area contributed by atoms with Gasteiger partial charge in [-0.15, -0.1) is 11.8 Å². The minimum absolute atomic E-state index is 0.0100. The quantitative estimate of drug-likeness (QED) is 0.735. The first kappa shape index (κ1) is 18.3. The van der Waals surface area contributed by atoms with Crippen LogP contribution in [0.1, 0.15) is 5.56 Å². The molecule has 27 heavy (non-hydrogen) atoms. The van der Waals surface area contributed by atoms with Gasteiger partial charge in [-0.1, -0.05) is 0 Å². The maximum absolute atomic E-state index is 12.7. The largest absolute Gasteiger partial charge is 0.350 e. The summed E-state index contributed by atoms with van der Waals surface area (Å²) < 4.78 is 0. The highest BCUT2D eigenvalue weighted by molar-refractivity contribution is 8.04. The van der Waals surface area contributed by atoms with Crippen molar-refractivity contribution in [2.24, 2.45) is 0 Å². The van der Waals surface area contributed by atoms with Gasteiger partial charge in [0, 0.05) is 68.5 Å². The van der Waals surface area contributed by atoms with Crippen LogP contribution in [0.4, 0.5) is 5.69 Å². The van der Waals surface area contributed by atoms with Crippen LogP contribution in [0.15, 0.2) is 29.6 Å². The Labute approximate surface area is 163 Å². The van der Waals surface area contributed by atoms with Gasteiger partial charge >= 0.3 is 0 Å². The van der Waals surface area contributed by atoms with E-state index in [9.17, 15) is 4.79 Å². The fraction of sp³-hybridized carbons (Fsp3) is 0.474. The van der Waals surface area contributed by atoms with Crippen molar-refractivity contribution < 1.29 is 4.79 Å². The van der Waals surface area contributed by atoms with Gasteiger partial charge in [-0.3, -0.25) is 4.79 Å². The minimum Gasteiger partial charge on any atom is -0.350 e. The number of thioether (sulfide) groups is 1. The number of aromatic amines is 1. The zero-order valence-electron chi connectivity index (χ0n) is 15.8. The molecule has 3 N–H and O–H groups in total. The van der Waals surface area contributed by atoms with Crippen molar-refractivity contribution >= 4 is 34.4 Å². The number of anilines is 1. The van der Waals surface area contributed by atoms with Gasteiger partial charge in [0.2, 0.25) is 0 Å². The maximum atomic E-state index is 12.7. The van der Waals surface area contributed by atoms with Crippen LogP contribution in [0.2, 0.25) is 0 Å². The lowest BCUT2D eigenvalue weighted by Gasteiger charge is -2.31. The van der Waals surface area contributed by atoms with E-state index < -0.39 is 0 Å². The first-order chi connectivity index (χ1) is 13.1. The third kappa shape index (κ3) is 3.97. The zero-order valence-corrected chi connectivity index (χ0v) is 16.6. The molecule has 1 saturated heterocycles. The van der Waals surface area contributed by atoms with Crippen LogP contribution in [0.25, 0.3) is 11.0 Å². The standard InChI is InChI=1S/C19H26N6OS/c1-13-9-22-18-17(13)15(3-4-21-18)25-7-8-27-16(12-25)19(26)23-10-14-11-24(2)6-5-20-14/h3-4,9,12,14,20H,5-8,10-11H2,1-2H3,(H,21,22)(H,23,26). The molecule has 1 atom stereocenters. The fourth-order valence-electron chi connectivity index (χ4n) is 3.68. The summed E-state index contributed by atoms with van der Waals surface area (Å²) in [5.74, 6) is 0.896. The molecule has 2 aliphatic rings. The number of amides is 1. The zero-order chi connectivity index (χ0) is 18.8. The number of rotatable bonds is 4. The average molecular weight is 387 g/mol. The fourth-order valence-corrected chi connectivity index (χ4v) is 4.59. The van der Waals surface area contributed by atoms with Crippen LogP contribution < -0.4 is 15.5 Å². The van der Waals surface area contributed by atoms with E-state index in [1.807, 2.05) is 24.7 Å². The van der Waals surface area contributed by atoms with E-state index in [0.717, 1.165) is 53.6 Å². The third-order valence-electron chi connectivity index (χ3n) is 5.11. The number of fused-ring (bicyclic) bond motifs is 1. The highest BCUT2D eigenvalue weighted by Crippen LogP contribution is 2.32. The molecular formula is C19H26N6OS. The molecule has 8 heteroatoms. The van der Waals surface area contributed by atoms with Gasteiger partial charge in [-0.05, 0) is 25.6 Å². The second-order valence-electron chi connectivity index (χ2n) is 7.18. The van der Waals surface area contributed by atoms with Crippen LogP contribution in [0, 0.1) is 6.92 Å². The second-order valence-corrected chi connectivity index (χ2v) is 8.32. The second kappa shape index (κ2) is 7.92. The Kier molecular flexibility index (Phi) is 5.38. The molecule has 1 unspecified atom stereocenters. The van der Waals surface area contributed by atoms with E-state index in [1.54, 1.807) is 11.8 Å². The molecule has 4 heterocycles. The first-order valence-electron chi connectivity index (χ1n) is 9.36. The summed E-state index contributed by atoms with van der Waals surface area (Å²) in [7, 11) is 2.12. The molecule has 7 nitrogen and oxygen atoms in total. The maximum Gasteiger partial charge on any atom is 0.259 e. The summed E-state index contributed by atoms with van der Waals surface area (Å²) in [6, 6.07) is 2.33. The smallest absolute Gasteiger partial charge is 0.259 e. The summed E-state index contributed by atoms with van der Waals surface area (Å²) >= 11 is 1.62. The number of hydrogen-bond donors (Lipinski definition) is 3. The first-order valence-corrected chi connectivity index (χ1v) is 10.3. The van der Waals surface area contributed by atoms with Gasteiger partial charge in [0.05, 0.1) is 10.6 Å². The lowest BCUT2D eigenvalue weighted by Crippen LogP contribution is -2.53. The van der Waals surface area contributed by atoms with Crippen LogP contribution in [-0.2, 0) is 4.79 Å². The molecule has 1 fully saturated rings. The number of piperazine rings is 1. The van der Waals surface area contributed by atoms with Gasteiger partial charge in [0.15, 0.2) is 0 Å². The molecule has 0 bridgehead atoms. The van der Waals surface area contributed by atoms with Gasteiger partial charge in [-0.25, -0.2) is 4.98 Å². The van der Waals surface area contributed by atoms with E-state index in [-0.39, 0.29) is 5.91 Å². The Hall–Kier alpha value is -2.03. The summed E-state index contributed by atoms with van der Waals surface area (Å²) in [6.07, 6.45) is 5.77. The summed E-state index contributed by atoms with van der Waals surface area (Å²) in [4.78, 5) is 25.5. The molecule has 2 aromatic heterocycles. The van der Waals surface area contributed by atoms with Crippen LogP contribution in [0.5, 0.6) is 0 Å². The number of pyridine rings is 1. The number of aromatic nitrogens is 2. The average Bonchev–Trinajstić information content (AvgIpc) is 3.07. The van der Waals surface area contributed by atoms with Crippen LogP contribution >= 0.6 is 11.8 Å². The molecule has 0 aromatic carbocycles. The SMILES string of the molecule is Cc1c[nH]c2nccc(N3C=C(C(=O)NCC4CN(C)CCN4)SCC3)c12. The van der Waals surface area contributed by atoms with Crippen LogP contribution in [-0.4, -0.2) is 72.3 Å². The Morgan fingerprint density at radius 1 is 1.44 bits per heavy atom. The topological polar surface area (TPSA) is 76.3 Å². The molecule has 4 rings (SSSR count). The predicted molar refractivity (Wildman–Crippen MR) is 111 cm³/mol. The van der Waals surface area contributed by atoms with E-state index >= 15 is 0 Å². The van der Waals surface area contributed by atoms with Gasteiger partial charge < -0.3 is 25.4 Å². The number of likely N-dealkylation sites (N-methyl/N-ethyl adjacent to an activating group) is 1. The normalized spacial score (nSPS) is 21.3. The summed E-state index contributed by atoms with van der Waals surface area (Å²) in [5, 5.41) is 7.68. The number of H-pyrrole nitrogens is 1. The number of nitrogens with one attached hydrogen (secondary N) is 3. The van der Waals surface area contributed by atoms with E-state index in [2.05, 4.69) is 44.4 Å². The lowest BCUT2D eigenvalue weighted by atomic mass is 10.2. The number of nitrogens with zero attached hydrogens (tertiary/aromatic N) is 3. The van der Waals surface area contributed by atoms with E-state index in [0.29, 0.717) is 12.6 Å². The number of hydrogen-bond acceptors (Lipinski definition) is 6. The minimum atomic E-state index is 0.0100. The number of carbonyl (C=O) groups excluding carboxylic acids is 1. The van der Waals surface area contributed by atoms with Crippen molar-refractivity contribution in [2.45, 2.75) is 13.0 Å². The van der Waals surface area contributed by atoms with Crippen molar-refractivity contribution in [3.63, 3.8) is 0 Å². The molecule has 0 saturated carbocycles. The Morgan fingerprint density at radius 2 is 2.33 bits per heavy atom. The molecule has 1 amide bonds. The lowest BCUT2D eigenvalue weighted by molar-refractivity contribution is -0.117. The molecular weight excluding hydrogens is 360 g/mol. The molecule has 2 aliphatic heterocycles. The Morgan fingerprint density at radius 3 is 3.19 bits per heavy atom. The van der Waals surface area contributed by atoms with Crippen molar-refractivity contribution in [1.82, 2.24) is 25.5 Å². The highest BCUT2D eigenvalue weighted by atomic mass is 32.2. The molecule has 0 radical (unpaired) electrons. The summed E-state index contributed by atoms with van der Waals surface area (Å²) in [5.41, 5.74) is 3.15. The van der Waals surface area contributed by atoms with Crippen molar-refractivity contribution in [2.75, 3.05) is 50.4 Å². The number of aryl methyl sites for hydroxylation is 1. The van der Waals surface area contributed by atoms with Crippen molar-refractivity contribution in [3.05, 3.63) is 35.1 Å². The Balaban J connectivity index is 1.47. The van der Waals surface area contributed by atoms with Gasteiger partial charge in [-0.2, -0.15) is 0 Å². The van der Waals surface area contributed by atoms with Gasteiger partial charge in [0.1, 0.15) is 5.65 Å². The molecule has 0 spiro atoms. The number of carbonyl (C=O) groups is 1. The molecule has 0 aliphatic carbocycles. The highest BCUT2D eigenvalue weighted by Gasteiger charge is 2.22. The van der Waals surface area contributed by atoms with Crippen molar-refractivity contribution in [1.29, 1.82) is 0 Å². The third-order valence-corrected chi connectivity index (χ3v) is 6.10. The van der Waals surface area contributed by atoms with E-state index in [4.69, 9.17) is 0 Å². The molecule has 2 aromatic rings. The predicted octanol–water partition coefficient (Wildman–Crippen LogP) is 1.29.